The standard InChI is InChI=1S/C13H13N3O4/c1-8(17)15-13(2)10(18)14-12(20)16(11(13)19)9-6-4-3-5-7-9/h3-7H,1-2H3,(H,15,17)(H,14,18,20). The number of carbonyl (C=O) groups is 4. The topological polar surface area (TPSA) is 95.6 Å². The lowest BCUT2D eigenvalue weighted by Gasteiger charge is -2.36. The molecule has 1 saturated heterocycles. The fourth-order valence-electron chi connectivity index (χ4n) is 1.96. The van der Waals surface area contributed by atoms with Crippen molar-refractivity contribution in [2.75, 3.05) is 4.90 Å². The second-order valence-corrected chi connectivity index (χ2v) is 4.54. The van der Waals surface area contributed by atoms with Gasteiger partial charge in [0.1, 0.15) is 0 Å². The minimum absolute atomic E-state index is 0.319. The summed E-state index contributed by atoms with van der Waals surface area (Å²) in [7, 11) is 0. The fourth-order valence-corrected chi connectivity index (χ4v) is 1.96. The Hall–Kier alpha value is -2.70. The zero-order chi connectivity index (χ0) is 14.9. The highest BCUT2D eigenvalue weighted by Gasteiger charge is 2.51. The molecule has 1 heterocycles. The number of carbonyl (C=O) groups excluding carboxylic acids is 4. The lowest BCUT2D eigenvalue weighted by Crippen LogP contribution is -2.72. The molecule has 2 rings (SSSR count). The number of para-hydroxylation sites is 1. The van der Waals surface area contributed by atoms with Gasteiger partial charge in [0.2, 0.25) is 5.91 Å². The summed E-state index contributed by atoms with van der Waals surface area (Å²) in [6.07, 6.45) is 0. The number of amides is 5. The van der Waals surface area contributed by atoms with E-state index < -0.39 is 29.3 Å². The number of nitrogens with zero attached hydrogens (tertiary/aromatic N) is 1. The maximum absolute atomic E-state index is 12.4. The normalized spacial score (nSPS) is 22.5. The molecule has 2 N–H and O–H groups in total. The quantitative estimate of drug-likeness (QED) is 0.752. The molecule has 7 nitrogen and oxygen atoms in total. The SMILES string of the molecule is CC(=O)NC1(C)C(=O)NC(=O)N(c2ccccc2)C1=O. The maximum Gasteiger partial charge on any atom is 0.335 e. The summed E-state index contributed by atoms with van der Waals surface area (Å²) >= 11 is 0. The molecule has 20 heavy (non-hydrogen) atoms. The first kappa shape index (κ1) is 13.7. The Balaban J connectivity index is 2.44. The monoisotopic (exact) mass is 275 g/mol. The van der Waals surface area contributed by atoms with E-state index in [0.29, 0.717) is 5.69 Å². The Kier molecular flexibility index (Phi) is 3.27. The van der Waals surface area contributed by atoms with Gasteiger partial charge in [0, 0.05) is 6.92 Å². The first-order valence-corrected chi connectivity index (χ1v) is 5.90. The Labute approximate surface area is 114 Å². The molecule has 1 aliphatic heterocycles. The Bertz CT molecular complexity index is 599. The van der Waals surface area contributed by atoms with Crippen molar-refractivity contribution in [3.05, 3.63) is 30.3 Å². The van der Waals surface area contributed by atoms with Crippen LogP contribution in [0, 0.1) is 0 Å². The largest absolute Gasteiger partial charge is 0.335 e. The van der Waals surface area contributed by atoms with Gasteiger partial charge in [-0.25, -0.2) is 9.69 Å². The van der Waals surface area contributed by atoms with Crippen LogP contribution < -0.4 is 15.5 Å². The van der Waals surface area contributed by atoms with E-state index in [0.717, 1.165) is 4.90 Å². The summed E-state index contributed by atoms with van der Waals surface area (Å²) in [5.41, 5.74) is -1.49. The van der Waals surface area contributed by atoms with Gasteiger partial charge in [-0.1, -0.05) is 18.2 Å². The van der Waals surface area contributed by atoms with Gasteiger partial charge in [0.05, 0.1) is 5.69 Å². The van der Waals surface area contributed by atoms with Crippen LogP contribution in [-0.4, -0.2) is 29.3 Å². The highest BCUT2D eigenvalue weighted by Crippen LogP contribution is 2.22. The predicted molar refractivity (Wildman–Crippen MR) is 69.7 cm³/mol. The molecule has 1 fully saturated rings. The predicted octanol–water partition coefficient (Wildman–Crippen LogP) is 0.164. The number of barbiturate groups is 1. The lowest BCUT2D eigenvalue weighted by molar-refractivity contribution is -0.141. The molecule has 104 valence electrons. The van der Waals surface area contributed by atoms with E-state index in [4.69, 9.17) is 0 Å². The van der Waals surface area contributed by atoms with Gasteiger partial charge in [-0.3, -0.25) is 19.7 Å². The van der Waals surface area contributed by atoms with E-state index in [2.05, 4.69) is 10.6 Å². The van der Waals surface area contributed by atoms with Crippen LogP contribution in [0.25, 0.3) is 0 Å². The van der Waals surface area contributed by atoms with Gasteiger partial charge in [-0.15, -0.1) is 0 Å². The van der Waals surface area contributed by atoms with Crippen molar-refractivity contribution in [2.45, 2.75) is 19.4 Å². The summed E-state index contributed by atoms with van der Waals surface area (Å²) in [5.74, 6) is -2.19. The van der Waals surface area contributed by atoms with Crippen LogP contribution in [0.4, 0.5) is 10.5 Å². The fraction of sp³-hybridized carbons (Fsp3) is 0.231. The van der Waals surface area contributed by atoms with Crippen LogP contribution in [0.3, 0.4) is 0 Å². The molecule has 5 amide bonds. The number of benzene rings is 1. The first-order valence-electron chi connectivity index (χ1n) is 5.90. The van der Waals surface area contributed by atoms with Crippen molar-refractivity contribution >= 4 is 29.4 Å². The van der Waals surface area contributed by atoms with E-state index in [9.17, 15) is 19.2 Å². The number of hydrogen-bond donors (Lipinski definition) is 2. The molecule has 1 unspecified atom stereocenters. The molecular weight excluding hydrogens is 262 g/mol. The highest BCUT2D eigenvalue weighted by molar-refractivity contribution is 6.32. The van der Waals surface area contributed by atoms with Crippen LogP contribution in [0.2, 0.25) is 0 Å². The molecular formula is C13H13N3O4. The van der Waals surface area contributed by atoms with Gasteiger partial charge < -0.3 is 5.32 Å². The van der Waals surface area contributed by atoms with Crippen LogP contribution >= 0.6 is 0 Å². The van der Waals surface area contributed by atoms with E-state index in [1.807, 2.05) is 0 Å². The third-order valence-electron chi connectivity index (χ3n) is 2.95. The molecule has 0 bridgehead atoms. The second kappa shape index (κ2) is 4.76. The number of nitrogens with one attached hydrogen (secondary N) is 2. The number of anilines is 1. The third kappa shape index (κ3) is 2.13. The van der Waals surface area contributed by atoms with Crippen LogP contribution in [0.1, 0.15) is 13.8 Å². The zero-order valence-corrected chi connectivity index (χ0v) is 11.0. The third-order valence-corrected chi connectivity index (χ3v) is 2.95. The highest BCUT2D eigenvalue weighted by atomic mass is 16.2. The van der Waals surface area contributed by atoms with E-state index >= 15 is 0 Å². The van der Waals surface area contributed by atoms with Crippen molar-refractivity contribution < 1.29 is 19.2 Å². The van der Waals surface area contributed by atoms with Crippen molar-refractivity contribution in [1.29, 1.82) is 0 Å². The summed E-state index contributed by atoms with van der Waals surface area (Å²) in [4.78, 5) is 48.2. The lowest BCUT2D eigenvalue weighted by atomic mass is 9.96. The second-order valence-electron chi connectivity index (χ2n) is 4.54. The number of rotatable bonds is 2. The minimum Gasteiger partial charge on any atom is -0.335 e. The Morgan fingerprint density at radius 3 is 2.35 bits per heavy atom. The van der Waals surface area contributed by atoms with Crippen LogP contribution in [0.15, 0.2) is 30.3 Å². The van der Waals surface area contributed by atoms with E-state index in [1.54, 1.807) is 30.3 Å². The summed E-state index contributed by atoms with van der Waals surface area (Å²) in [5, 5.41) is 4.35. The summed E-state index contributed by atoms with van der Waals surface area (Å²) < 4.78 is 0. The van der Waals surface area contributed by atoms with Crippen molar-refractivity contribution in [3.8, 4) is 0 Å². The van der Waals surface area contributed by atoms with Crippen molar-refractivity contribution in [3.63, 3.8) is 0 Å². The molecule has 0 aromatic heterocycles. The summed E-state index contributed by atoms with van der Waals surface area (Å²) in [6, 6.07) is 7.31. The van der Waals surface area contributed by atoms with Gasteiger partial charge in [-0.2, -0.15) is 0 Å². The van der Waals surface area contributed by atoms with Crippen LogP contribution in [-0.2, 0) is 14.4 Å². The molecule has 1 atom stereocenters. The molecule has 7 heteroatoms. The Morgan fingerprint density at radius 2 is 1.80 bits per heavy atom. The van der Waals surface area contributed by atoms with E-state index in [-0.39, 0.29) is 0 Å². The number of hydrogen-bond acceptors (Lipinski definition) is 4. The molecule has 0 aliphatic carbocycles. The van der Waals surface area contributed by atoms with Gasteiger partial charge in [-0.05, 0) is 19.1 Å². The molecule has 0 saturated carbocycles. The van der Waals surface area contributed by atoms with Crippen LogP contribution in [0.5, 0.6) is 0 Å². The first-order chi connectivity index (χ1) is 9.36. The average Bonchev–Trinajstić information content (AvgIpc) is 2.37. The molecule has 1 aliphatic rings. The average molecular weight is 275 g/mol. The maximum atomic E-state index is 12.4. The molecule has 1 aromatic rings. The zero-order valence-electron chi connectivity index (χ0n) is 11.0. The van der Waals surface area contributed by atoms with Crippen molar-refractivity contribution in [1.82, 2.24) is 10.6 Å². The number of imide groups is 2. The molecule has 0 radical (unpaired) electrons. The van der Waals surface area contributed by atoms with Crippen molar-refractivity contribution in [2.24, 2.45) is 0 Å². The van der Waals surface area contributed by atoms with Gasteiger partial charge >= 0.3 is 6.03 Å². The summed E-state index contributed by atoms with van der Waals surface area (Å²) in [6.45, 7) is 2.45. The number of urea groups is 1. The Morgan fingerprint density at radius 1 is 1.20 bits per heavy atom. The smallest absolute Gasteiger partial charge is 0.335 e. The minimum atomic E-state index is -1.81. The van der Waals surface area contributed by atoms with E-state index in [1.165, 1.54) is 13.8 Å². The van der Waals surface area contributed by atoms with Gasteiger partial charge in [0.15, 0.2) is 5.54 Å². The molecule has 1 aromatic carbocycles. The molecule has 0 spiro atoms. The van der Waals surface area contributed by atoms with Gasteiger partial charge in [0.25, 0.3) is 11.8 Å².